The van der Waals surface area contributed by atoms with Crippen LogP contribution in [0.3, 0.4) is 0 Å². The molecule has 2 aliphatic rings. The number of unbranched alkanes of at least 4 members (excludes halogenated alkanes) is 1. The van der Waals surface area contributed by atoms with Gasteiger partial charge in [-0.1, -0.05) is 30.3 Å². The molecule has 1 aliphatic carbocycles. The van der Waals surface area contributed by atoms with Gasteiger partial charge < -0.3 is 4.90 Å². The molecule has 0 radical (unpaired) electrons. The maximum atomic E-state index is 2.72. The summed E-state index contributed by atoms with van der Waals surface area (Å²) in [6.07, 6.45) is 6.95. The highest BCUT2D eigenvalue weighted by molar-refractivity contribution is 5.14. The van der Waals surface area contributed by atoms with E-state index >= 15 is 0 Å². The largest absolute Gasteiger partial charge is 0.300 e. The van der Waals surface area contributed by atoms with Crippen LogP contribution in [0.2, 0.25) is 0 Å². The quantitative estimate of drug-likeness (QED) is 0.682. The molecule has 1 saturated heterocycles. The van der Waals surface area contributed by atoms with Crippen molar-refractivity contribution in [2.75, 3.05) is 13.1 Å². The minimum absolute atomic E-state index is 0.997. The molecule has 1 aromatic rings. The highest BCUT2D eigenvalue weighted by Crippen LogP contribution is 2.44. The summed E-state index contributed by atoms with van der Waals surface area (Å²) in [4.78, 5) is 2.72. The normalized spacial score (nSPS) is 28.0. The van der Waals surface area contributed by atoms with Crippen molar-refractivity contribution < 1.29 is 0 Å². The molecule has 0 amide bonds. The summed E-state index contributed by atoms with van der Waals surface area (Å²) in [6, 6.07) is 11.9. The van der Waals surface area contributed by atoms with Crippen LogP contribution in [-0.4, -0.2) is 24.0 Å². The first kappa shape index (κ1) is 10.3. The van der Waals surface area contributed by atoms with Gasteiger partial charge in [0, 0.05) is 6.04 Å². The molecule has 1 nitrogen and oxygen atoms in total. The predicted octanol–water partition coefficient (Wildman–Crippen LogP) is 3.10. The number of likely N-dealkylation sites (tertiary alicyclic amines) is 1. The van der Waals surface area contributed by atoms with E-state index in [2.05, 4.69) is 35.2 Å². The number of piperidine rings is 1. The summed E-state index contributed by atoms with van der Waals surface area (Å²) in [5, 5.41) is 0. The third-order valence-corrected chi connectivity index (χ3v) is 4.14. The smallest absolute Gasteiger partial charge is 0.0128 e. The fourth-order valence-corrected chi connectivity index (χ4v) is 3.05. The molecular weight excluding hydrogens is 194 g/mol. The SMILES string of the molecule is c1ccc(CCCCN2CCC3CC32)cc1. The molecule has 2 fully saturated rings. The molecule has 1 aromatic carbocycles. The zero-order valence-electron chi connectivity index (χ0n) is 9.94. The molecule has 3 rings (SSSR count). The van der Waals surface area contributed by atoms with Gasteiger partial charge in [0.1, 0.15) is 0 Å². The number of hydrogen-bond donors (Lipinski definition) is 0. The second-order valence-electron chi connectivity index (χ2n) is 5.33. The first-order valence-electron chi connectivity index (χ1n) is 6.71. The van der Waals surface area contributed by atoms with Crippen LogP contribution < -0.4 is 0 Å². The van der Waals surface area contributed by atoms with Crippen LogP contribution in [0.1, 0.15) is 31.2 Å². The topological polar surface area (TPSA) is 3.24 Å². The highest BCUT2D eigenvalue weighted by atomic mass is 15.2. The summed E-state index contributed by atoms with van der Waals surface area (Å²) in [5.74, 6) is 1.09. The van der Waals surface area contributed by atoms with Crippen LogP contribution in [-0.2, 0) is 6.42 Å². The zero-order valence-corrected chi connectivity index (χ0v) is 9.94. The summed E-state index contributed by atoms with van der Waals surface area (Å²) in [7, 11) is 0. The van der Waals surface area contributed by atoms with Gasteiger partial charge in [0.15, 0.2) is 0 Å². The number of nitrogens with zero attached hydrogens (tertiary/aromatic N) is 1. The number of rotatable bonds is 5. The first-order chi connectivity index (χ1) is 7.93. The lowest BCUT2D eigenvalue weighted by molar-refractivity contribution is 0.293. The number of hydrogen-bond acceptors (Lipinski definition) is 1. The van der Waals surface area contributed by atoms with E-state index < -0.39 is 0 Å². The van der Waals surface area contributed by atoms with Crippen molar-refractivity contribution in [2.45, 2.75) is 38.1 Å². The van der Waals surface area contributed by atoms with Gasteiger partial charge in [0.05, 0.1) is 0 Å². The number of fused-ring (bicyclic) bond motifs is 1. The monoisotopic (exact) mass is 215 g/mol. The number of benzene rings is 1. The Kier molecular flexibility index (Phi) is 2.96. The fourth-order valence-electron chi connectivity index (χ4n) is 3.05. The molecule has 2 atom stereocenters. The fraction of sp³-hybridized carbons (Fsp3) is 0.600. The average molecular weight is 215 g/mol. The van der Waals surface area contributed by atoms with E-state index in [1.165, 1.54) is 50.8 Å². The van der Waals surface area contributed by atoms with Gasteiger partial charge in [-0.3, -0.25) is 0 Å². The van der Waals surface area contributed by atoms with E-state index in [0.29, 0.717) is 0 Å². The molecule has 1 heterocycles. The third kappa shape index (κ3) is 2.30. The second-order valence-corrected chi connectivity index (χ2v) is 5.33. The van der Waals surface area contributed by atoms with Gasteiger partial charge >= 0.3 is 0 Å². The Labute approximate surface area is 98.5 Å². The standard InChI is InChI=1S/C15H21N/c1-2-6-13(7-3-1)8-4-5-10-16-11-9-14-12-15(14)16/h1-3,6-7,14-15H,4-5,8-12H2. The Balaban J connectivity index is 1.35. The van der Waals surface area contributed by atoms with Crippen LogP contribution in [0.5, 0.6) is 0 Å². The van der Waals surface area contributed by atoms with Crippen LogP contribution in [0.25, 0.3) is 0 Å². The van der Waals surface area contributed by atoms with Gasteiger partial charge in [-0.15, -0.1) is 0 Å². The Hall–Kier alpha value is -0.820. The van der Waals surface area contributed by atoms with Crippen molar-refractivity contribution in [3.63, 3.8) is 0 Å². The lowest BCUT2D eigenvalue weighted by atomic mass is 10.1. The van der Waals surface area contributed by atoms with Crippen molar-refractivity contribution in [1.29, 1.82) is 0 Å². The Bertz CT molecular complexity index is 333. The lowest BCUT2D eigenvalue weighted by Crippen LogP contribution is -2.24. The van der Waals surface area contributed by atoms with Gasteiger partial charge in [-0.25, -0.2) is 0 Å². The maximum Gasteiger partial charge on any atom is 0.0128 e. The molecular formula is C15H21N. The van der Waals surface area contributed by atoms with Gasteiger partial charge in [0.25, 0.3) is 0 Å². The molecule has 2 unspecified atom stereocenters. The summed E-state index contributed by atoms with van der Waals surface area (Å²) >= 11 is 0. The Morgan fingerprint density at radius 1 is 1.12 bits per heavy atom. The molecule has 1 aliphatic heterocycles. The van der Waals surface area contributed by atoms with Crippen LogP contribution >= 0.6 is 0 Å². The Morgan fingerprint density at radius 3 is 2.69 bits per heavy atom. The molecule has 0 spiro atoms. The van der Waals surface area contributed by atoms with Crippen molar-refractivity contribution in [2.24, 2.45) is 5.92 Å². The van der Waals surface area contributed by atoms with Crippen molar-refractivity contribution >= 4 is 0 Å². The molecule has 1 heteroatoms. The van der Waals surface area contributed by atoms with E-state index in [9.17, 15) is 0 Å². The molecule has 16 heavy (non-hydrogen) atoms. The van der Waals surface area contributed by atoms with Crippen molar-refractivity contribution in [3.05, 3.63) is 35.9 Å². The predicted molar refractivity (Wildman–Crippen MR) is 67.5 cm³/mol. The first-order valence-corrected chi connectivity index (χ1v) is 6.71. The van der Waals surface area contributed by atoms with Crippen LogP contribution in [0.15, 0.2) is 30.3 Å². The summed E-state index contributed by atoms with van der Waals surface area (Å²) in [6.45, 7) is 2.72. The van der Waals surface area contributed by atoms with Crippen LogP contribution in [0, 0.1) is 5.92 Å². The van der Waals surface area contributed by atoms with Crippen molar-refractivity contribution in [3.8, 4) is 0 Å². The average Bonchev–Trinajstić information content (AvgIpc) is 3.01. The molecule has 1 saturated carbocycles. The van der Waals surface area contributed by atoms with Crippen LogP contribution in [0.4, 0.5) is 0 Å². The third-order valence-electron chi connectivity index (χ3n) is 4.14. The lowest BCUT2D eigenvalue weighted by Gasteiger charge is -2.16. The maximum absolute atomic E-state index is 2.72. The van der Waals surface area contributed by atoms with Gasteiger partial charge in [0.2, 0.25) is 0 Å². The minimum atomic E-state index is 0.997. The van der Waals surface area contributed by atoms with Crippen molar-refractivity contribution in [1.82, 2.24) is 4.90 Å². The zero-order chi connectivity index (χ0) is 10.8. The van der Waals surface area contributed by atoms with Gasteiger partial charge in [-0.2, -0.15) is 0 Å². The second kappa shape index (κ2) is 4.58. The minimum Gasteiger partial charge on any atom is -0.300 e. The summed E-state index contributed by atoms with van der Waals surface area (Å²) in [5.41, 5.74) is 1.49. The van der Waals surface area contributed by atoms with E-state index in [-0.39, 0.29) is 0 Å². The van der Waals surface area contributed by atoms with Gasteiger partial charge in [-0.05, 0) is 56.7 Å². The molecule has 0 N–H and O–H groups in total. The summed E-state index contributed by atoms with van der Waals surface area (Å²) < 4.78 is 0. The van der Waals surface area contributed by atoms with E-state index in [1.807, 2.05) is 0 Å². The number of aryl methyl sites for hydroxylation is 1. The highest BCUT2D eigenvalue weighted by Gasteiger charge is 2.45. The van der Waals surface area contributed by atoms with E-state index in [0.717, 1.165) is 12.0 Å². The molecule has 0 bridgehead atoms. The van der Waals surface area contributed by atoms with E-state index in [4.69, 9.17) is 0 Å². The molecule has 0 aromatic heterocycles. The van der Waals surface area contributed by atoms with E-state index in [1.54, 1.807) is 0 Å². The molecule has 86 valence electrons. The Morgan fingerprint density at radius 2 is 2.00 bits per heavy atom.